The van der Waals surface area contributed by atoms with Crippen LogP contribution in [0.3, 0.4) is 0 Å². The van der Waals surface area contributed by atoms with Gasteiger partial charge in [-0.3, -0.25) is 4.68 Å². The molecule has 1 heterocycles. The standard InChI is InChI=1S/C11H21N3O/c1-5-14-7-11(6-12-14)10(3)13-9(2)8-15-4/h6-7,9-10,13H,5,8H2,1-4H3. The first-order chi connectivity index (χ1) is 7.17. The fraction of sp³-hybridized carbons (Fsp3) is 0.727. The van der Waals surface area contributed by atoms with Gasteiger partial charge in [0.05, 0.1) is 12.8 Å². The summed E-state index contributed by atoms with van der Waals surface area (Å²) in [6.07, 6.45) is 4.00. The second kappa shape index (κ2) is 5.88. The lowest BCUT2D eigenvalue weighted by atomic mass is 10.1. The Hall–Kier alpha value is -0.870. The SMILES string of the molecule is CCn1cc(C(C)NC(C)COC)cn1. The van der Waals surface area contributed by atoms with E-state index in [2.05, 4.69) is 37.4 Å². The molecule has 0 saturated heterocycles. The van der Waals surface area contributed by atoms with E-state index in [1.165, 1.54) is 5.56 Å². The maximum Gasteiger partial charge on any atom is 0.0613 e. The van der Waals surface area contributed by atoms with Crippen molar-refractivity contribution in [2.24, 2.45) is 0 Å². The van der Waals surface area contributed by atoms with E-state index >= 15 is 0 Å². The molecule has 1 N–H and O–H groups in total. The zero-order valence-electron chi connectivity index (χ0n) is 10.0. The fourth-order valence-corrected chi connectivity index (χ4v) is 1.60. The minimum atomic E-state index is 0.315. The summed E-state index contributed by atoms with van der Waals surface area (Å²) in [6.45, 7) is 7.99. The molecule has 2 atom stereocenters. The van der Waals surface area contributed by atoms with Crippen molar-refractivity contribution >= 4 is 0 Å². The molecule has 0 amide bonds. The van der Waals surface area contributed by atoms with Crippen LogP contribution < -0.4 is 5.32 Å². The number of nitrogens with zero attached hydrogens (tertiary/aromatic N) is 2. The van der Waals surface area contributed by atoms with Gasteiger partial charge in [0, 0.05) is 37.5 Å². The highest BCUT2D eigenvalue weighted by Crippen LogP contribution is 2.11. The molecule has 0 aromatic carbocycles. The minimum absolute atomic E-state index is 0.315. The molecule has 0 saturated carbocycles. The molecule has 0 spiro atoms. The predicted octanol–water partition coefficient (Wildman–Crippen LogP) is 1.59. The molecule has 15 heavy (non-hydrogen) atoms. The summed E-state index contributed by atoms with van der Waals surface area (Å²) in [5, 5.41) is 7.71. The van der Waals surface area contributed by atoms with Gasteiger partial charge >= 0.3 is 0 Å². The van der Waals surface area contributed by atoms with Crippen LogP contribution in [0.1, 0.15) is 32.4 Å². The van der Waals surface area contributed by atoms with Gasteiger partial charge in [-0.15, -0.1) is 0 Å². The number of nitrogens with one attached hydrogen (secondary N) is 1. The molecule has 0 bridgehead atoms. The van der Waals surface area contributed by atoms with Gasteiger partial charge in [0.2, 0.25) is 0 Å². The number of aryl methyl sites for hydroxylation is 1. The highest BCUT2D eigenvalue weighted by Gasteiger charge is 2.10. The van der Waals surface area contributed by atoms with Crippen LogP contribution >= 0.6 is 0 Å². The molecule has 0 aliphatic heterocycles. The highest BCUT2D eigenvalue weighted by molar-refractivity contribution is 5.09. The Bertz CT molecular complexity index is 285. The Morgan fingerprint density at radius 3 is 2.80 bits per heavy atom. The number of hydrogen-bond donors (Lipinski definition) is 1. The van der Waals surface area contributed by atoms with Crippen molar-refractivity contribution in [1.29, 1.82) is 0 Å². The second-order valence-electron chi connectivity index (χ2n) is 3.87. The summed E-state index contributed by atoms with van der Waals surface area (Å²) < 4.78 is 7.02. The number of methoxy groups -OCH3 is 1. The van der Waals surface area contributed by atoms with Crippen LogP contribution in [0.5, 0.6) is 0 Å². The van der Waals surface area contributed by atoms with Crippen molar-refractivity contribution in [3.05, 3.63) is 18.0 Å². The number of ether oxygens (including phenoxy) is 1. The van der Waals surface area contributed by atoms with Crippen LogP contribution in [-0.2, 0) is 11.3 Å². The quantitative estimate of drug-likeness (QED) is 0.776. The minimum Gasteiger partial charge on any atom is -0.383 e. The van der Waals surface area contributed by atoms with E-state index in [0.717, 1.165) is 13.2 Å². The smallest absolute Gasteiger partial charge is 0.0613 e. The normalized spacial score (nSPS) is 15.2. The first kappa shape index (κ1) is 12.2. The first-order valence-corrected chi connectivity index (χ1v) is 5.44. The van der Waals surface area contributed by atoms with E-state index < -0.39 is 0 Å². The van der Waals surface area contributed by atoms with E-state index in [4.69, 9.17) is 4.74 Å². The second-order valence-corrected chi connectivity index (χ2v) is 3.87. The number of aromatic nitrogens is 2. The molecule has 4 nitrogen and oxygen atoms in total. The van der Waals surface area contributed by atoms with Gasteiger partial charge in [-0.05, 0) is 20.8 Å². The van der Waals surface area contributed by atoms with E-state index in [1.54, 1.807) is 7.11 Å². The van der Waals surface area contributed by atoms with Gasteiger partial charge in [-0.1, -0.05) is 0 Å². The lowest BCUT2D eigenvalue weighted by Crippen LogP contribution is -2.32. The first-order valence-electron chi connectivity index (χ1n) is 5.44. The molecule has 0 aliphatic carbocycles. The summed E-state index contributed by atoms with van der Waals surface area (Å²) >= 11 is 0. The third-order valence-corrected chi connectivity index (χ3v) is 2.43. The van der Waals surface area contributed by atoms with Crippen LogP contribution in [0.15, 0.2) is 12.4 Å². The van der Waals surface area contributed by atoms with Gasteiger partial charge in [0.1, 0.15) is 0 Å². The lowest BCUT2D eigenvalue weighted by molar-refractivity contribution is 0.167. The van der Waals surface area contributed by atoms with Crippen LogP contribution in [-0.4, -0.2) is 29.5 Å². The lowest BCUT2D eigenvalue weighted by Gasteiger charge is -2.18. The average Bonchev–Trinajstić information content (AvgIpc) is 2.66. The number of hydrogen-bond acceptors (Lipinski definition) is 3. The van der Waals surface area contributed by atoms with Gasteiger partial charge < -0.3 is 10.1 Å². The largest absolute Gasteiger partial charge is 0.383 e. The third kappa shape index (κ3) is 3.64. The van der Waals surface area contributed by atoms with Gasteiger partial charge in [-0.2, -0.15) is 5.10 Å². The molecular weight excluding hydrogens is 190 g/mol. The average molecular weight is 211 g/mol. The van der Waals surface area contributed by atoms with E-state index in [-0.39, 0.29) is 0 Å². The Balaban J connectivity index is 2.49. The van der Waals surface area contributed by atoms with E-state index in [1.807, 2.05) is 10.9 Å². The summed E-state index contributed by atoms with van der Waals surface area (Å²) in [6, 6.07) is 0.672. The number of rotatable bonds is 6. The van der Waals surface area contributed by atoms with Crippen LogP contribution in [0, 0.1) is 0 Å². The zero-order chi connectivity index (χ0) is 11.3. The van der Waals surface area contributed by atoms with E-state index in [0.29, 0.717) is 12.1 Å². The van der Waals surface area contributed by atoms with Crippen LogP contribution in [0.25, 0.3) is 0 Å². The Morgan fingerprint density at radius 2 is 2.27 bits per heavy atom. The third-order valence-electron chi connectivity index (χ3n) is 2.43. The molecule has 1 aromatic heterocycles. The van der Waals surface area contributed by atoms with Crippen molar-refractivity contribution in [3.8, 4) is 0 Å². The molecule has 0 radical (unpaired) electrons. The van der Waals surface area contributed by atoms with Crippen molar-refractivity contribution in [1.82, 2.24) is 15.1 Å². The molecule has 0 fully saturated rings. The van der Waals surface area contributed by atoms with Gasteiger partial charge in [0.15, 0.2) is 0 Å². The van der Waals surface area contributed by atoms with Crippen molar-refractivity contribution in [2.75, 3.05) is 13.7 Å². The highest BCUT2D eigenvalue weighted by atomic mass is 16.5. The Morgan fingerprint density at radius 1 is 1.53 bits per heavy atom. The summed E-state index contributed by atoms with van der Waals surface area (Å²) in [5.41, 5.74) is 1.22. The van der Waals surface area contributed by atoms with Crippen molar-refractivity contribution in [3.63, 3.8) is 0 Å². The maximum atomic E-state index is 5.08. The van der Waals surface area contributed by atoms with Gasteiger partial charge in [-0.25, -0.2) is 0 Å². The fourth-order valence-electron chi connectivity index (χ4n) is 1.60. The molecular formula is C11H21N3O. The topological polar surface area (TPSA) is 39.1 Å². The van der Waals surface area contributed by atoms with Crippen LogP contribution in [0.2, 0.25) is 0 Å². The Kier molecular flexibility index (Phi) is 4.78. The molecule has 4 heteroatoms. The van der Waals surface area contributed by atoms with Crippen LogP contribution in [0.4, 0.5) is 0 Å². The molecule has 86 valence electrons. The molecule has 0 aliphatic rings. The maximum absolute atomic E-state index is 5.08. The van der Waals surface area contributed by atoms with Gasteiger partial charge in [0.25, 0.3) is 0 Å². The zero-order valence-corrected chi connectivity index (χ0v) is 10.0. The predicted molar refractivity (Wildman–Crippen MR) is 60.8 cm³/mol. The molecule has 1 aromatic rings. The summed E-state index contributed by atoms with van der Waals surface area (Å²) in [5.74, 6) is 0. The summed E-state index contributed by atoms with van der Waals surface area (Å²) in [4.78, 5) is 0. The Labute approximate surface area is 91.6 Å². The van der Waals surface area contributed by atoms with Crippen molar-refractivity contribution in [2.45, 2.75) is 39.4 Å². The molecule has 2 unspecified atom stereocenters. The van der Waals surface area contributed by atoms with Crippen molar-refractivity contribution < 1.29 is 4.74 Å². The molecule has 1 rings (SSSR count). The van der Waals surface area contributed by atoms with E-state index in [9.17, 15) is 0 Å². The summed E-state index contributed by atoms with van der Waals surface area (Å²) in [7, 11) is 1.72. The monoisotopic (exact) mass is 211 g/mol.